The first-order valence-electron chi connectivity index (χ1n) is 6.96. The van der Waals surface area contributed by atoms with Crippen LogP contribution in [0.2, 0.25) is 0 Å². The molecule has 1 aliphatic carbocycles. The van der Waals surface area contributed by atoms with E-state index in [1.165, 1.54) is 25.0 Å². The Labute approximate surface area is 116 Å². The average molecular weight is 276 g/mol. The number of nitrogens with zero attached hydrogens (tertiary/aromatic N) is 2. The van der Waals surface area contributed by atoms with Crippen LogP contribution in [-0.2, 0) is 0 Å². The molecule has 1 saturated carbocycles. The van der Waals surface area contributed by atoms with Crippen molar-refractivity contribution in [2.24, 2.45) is 5.92 Å². The van der Waals surface area contributed by atoms with E-state index in [0.717, 1.165) is 24.8 Å². The Morgan fingerprint density at radius 1 is 1.25 bits per heavy atom. The first kappa shape index (κ1) is 13.1. The van der Waals surface area contributed by atoms with Crippen molar-refractivity contribution in [2.75, 3.05) is 0 Å². The zero-order chi connectivity index (χ0) is 14.1. The van der Waals surface area contributed by atoms with Gasteiger partial charge in [-0.05, 0) is 30.9 Å². The summed E-state index contributed by atoms with van der Waals surface area (Å²) in [5, 5.41) is 13.2. The highest BCUT2D eigenvalue weighted by Gasteiger charge is 2.24. The quantitative estimate of drug-likeness (QED) is 0.904. The summed E-state index contributed by atoms with van der Waals surface area (Å²) in [6, 6.07) is 3.90. The second-order valence-electron chi connectivity index (χ2n) is 5.58. The van der Waals surface area contributed by atoms with Gasteiger partial charge in [-0.2, -0.15) is 4.98 Å². The fourth-order valence-electron chi connectivity index (χ4n) is 2.71. The van der Waals surface area contributed by atoms with Gasteiger partial charge in [0.15, 0.2) is 5.82 Å². The maximum Gasteiger partial charge on any atom is 0.260 e. The number of aromatic hydroxyl groups is 1. The third-order valence-corrected chi connectivity index (χ3v) is 4.01. The van der Waals surface area contributed by atoms with E-state index >= 15 is 0 Å². The maximum absolute atomic E-state index is 13.8. The minimum atomic E-state index is -0.558. The van der Waals surface area contributed by atoms with Crippen molar-refractivity contribution < 1.29 is 14.0 Å². The lowest BCUT2D eigenvalue weighted by Gasteiger charge is -2.23. The first-order valence-corrected chi connectivity index (χ1v) is 6.96. The van der Waals surface area contributed by atoms with E-state index in [-0.39, 0.29) is 17.2 Å². The van der Waals surface area contributed by atoms with Gasteiger partial charge in [-0.1, -0.05) is 24.9 Å². The van der Waals surface area contributed by atoms with Gasteiger partial charge in [0, 0.05) is 12.0 Å². The van der Waals surface area contributed by atoms with Crippen molar-refractivity contribution in [2.45, 2.75) is 38.5 Å². The van der Waals surface area contributed by atoms with Crippen LogP contribution in [-0.4, -0.2) is 15.2 Å². The number of benzene rings is 1. The van der Waals surface area contributed by atoms with Crippen LogP contribution in [0.1, 0.15) is 44.3 Å². The summed E-state index contributed by atoms with van der Waals surface area (Å²) in [5.41, 5.74) is 0.228. The molecular weight excluding hydrogens is 259 g/mol. The van der Waals surface area contributed by atoms with Crippen molar-refractivity contribution in [3.63, 3.8) is 0 Å². The smallest absolute Gasteiger partial charge is 0.260 e. The van der Waals surface area contributed by atoms with E-state index in [4.69, 9.17) is 4.52 Å². The fraction of sp³-hybridized carbons (Fsp3) is 0.467. The van der Waals surface area contributed by atoms with Gasteiger partial charge in [0.1, 0.15) is 11.6 Å². The minimum Gasteiger partial charge on any atom is -0.508 e. The van der Waals surface area contributed by atoms with Crippen LogP contribution in [0.5, 0.6) is 5.75 Å². The molecule has 0 unspecified atom stereocenters. The van der Waals surface area contributed by atoms with Gasteiger partial charge in [-0.15, -0.1) is 0 Å². The third-order valence-electron chi connectivity index (χ3n) is 4.01. The highest BCUT2D eigenvalue weighted by atomic mass is 19.1. The molecule has 2 aromatic rings. The molecule has 20 heavy (non-hydrogen) atoms. The van der Waals surface area contributed by atoms with E-state index in [9.17, 15) is 9.50 Å². The van der Waals surface area contributed by atoms with Gasteiger partial charge < -0.3 is 9.63 Å². The number of phenolic OH excluding ortho intramolecular Hbond substituents is 1. The van der Waals surface area contributed by atoms with Crippen LogP contribution in [0.15, 0.2) is 22.7 Å². The van der Waals surface area contributed by atoms with Gasteiger partial charge in [0.05, 0.1) is 5.56 Å². The van der Waals surface area contributed by atoms with Crippen molar-refractivity contribution in [3.05, 3.63) is 29.8 Å². The van der Waals surface area contributed by atoms with Crippen LogP contribution in [0.4, 0.5) is 4.39 Å². The Balaban J connectivity index is 1.83. The van der Waals surface area contributed by atoms with Crippen LogP contribution < -0.4 is 0 Å². The Morgan fingerprint density at radius 2 is 2.00 bits per heavy atom. The van der Waals surface area contributed by atoms with Crippen molar-refractivity contribution >= 4 is 0 Å². The number of phenols is 1. The highest BCUT2D eigenvalue weighted by molar-refractivity contribution is 5.55. The lowest BCUT2D eigenvalue weighted by molar-refractivity contribution is 0.328. The summed E-state index contributed by atoms with van der Waals surface area (Å²) in [6.45, 7) is 2.25. The molecule has 1 aromatic carbocycles. The number of hydrogen-bond donors (Lipinski definition) is 1. The molecule has 106 valence electrons. The topological polar surface area (TPSA) is 59.2 Å². The average Bonchev–Trinajstić information content (AvgIpc) is 2.89. The molecule has 1 aromatic heterocycles. The van der Waals surface area contributed by atoms with Gasteiger partial charge in [-0.25, -0.2) is 4.39 Å². The summed E-state index contributed by atoms with van der Waals surface area (Å²) < 4.78 is 18.9. The second-order valence-corrected chi connectivity index (χ2v) is 5.58. The van der Waals surface area contributed by atoms with Gasteiger partial charge in [0.25, 0.3) is 5.89 Å². The molecule has 4 nitrogen and oxygen atoms in total. The zero-order valence-electron chi connectivity index (χ0n) is 11.3. The van der Waals surface area contributed by atoms with Crippen molar-refractivity contribution in [1.82, 2.24) is 10.1 Å². The number of aromatic nitrogens is 2. The molecular formula is C15H17FN2O2. The lowest BCUT2D eigenvalue weighted by Crippen LogP contribution is -2.11. The number of hydrogen-bond acceptors (Lipinski definition) is 4. The first-order chi connectivity index (χ1) is 9.63. The Hall–Kier alpha value is -1.91. The van der Waals surface area contributed by atoms with Gasteiger partial charge in [0.2, 0.25) is 0 Å². The number of rotatable bonds is 2. The Bertz CT molecular complexity index is 604. The Morgan fingerprint density at radius 3 is 2.70 bits per heavy atom. The normalized spacial score (nSPS) is 22.9. The van der Waals surface area contributed by atoms with Gasteiger partial charge in [-0.3, -0.25) is 0 Å². The zero-order valence-corrected chi connectivity index (χ0v) is 11.3. The van der Waals surface area contributed by atoms with Crippen LogP contribution in [0, 0.1) is 11.7 Å². The molecule has 1 N–H and O–H groups in total. The molecule has 0 saturated heterocycles. The SMILES string of the molecule is CC1CCC(c2noc(-c3ccc(O)cc3F)n2)CC1. The monoisotopic (exact) mass is 276 g/mol. The van der Waals surface area contributed by atoms with Crippen LogP contribution in [0.25, 0.3) is 11.5 Å². The van der Waals surface area contributed by atoms with Gasteiger partial charge >= 0.3 is 0 Å². The summed E-state index contributed by atoms with van der Waals surface area (Å²) in [7, 11) is 0. The third kappa shape index (κ3) is 2.53. The fourth-order valence-corrected chi connectivity index (χ4v) is 2.71. The highest BCUT2D eigenvalue weighted by Crippen LogP contribution is 2.35. The molecule has 0 atom stereocenters. The Kier molecular flexibility index (Phi) is 3.42. The van der Waals surface area contributed by atoms with E-state index < -0.39 is 5.82 Å². The van der Waals surface area contributed by atoms with E-state index in [1.54, 1.807) is 0 Å². The molecule has 3 rings (SSSR count). The molecule has 0 bridgehead atoms. The predicted octanol–water partition coefficient (Wildman–Crippen LogP) is 3.88. The molecule has 0 aliphatic heterocycles. The standard InChI is InChI=1S/C15H17FN2O2/c1-9-2-4-10(5-3-9)14-17-15(20-18-14)12-7-6-11(19)8-13(12)16/h6-10,19H,2-5H2,1H3. The molecule has 0 amide bonds. The van der Waals surface area contributed by atoms with Crippen molar-refractivity contribution in [1.29, 1.82) is 0 Å². The number of halogens is 1. The van der Waals surface area contributed by atoms with E-state index in [2.05, 4.69) is 17.1 Å². The summed E-state index contributed by atoms with van der Waals surface area (Å²) in [6.07, 6.45) is 4.45. The lowest BCUT2D eigenvalue weighted by atomic mass is 9.83. The van der Waals surface area contributed by atoms with Crippen molar-refractivity contribution in [3.8, 4) is 17.2 Å². The van der Waals surface area contributed by atoms with Crippen LogP contribution >= 0.6 is 0 Å². The van der Waals surface area contributed by atoms with E-state index in [0.29, 0.717) is 11.7 Å². The molecule has 1 aliphatic rings. The molecule has 0 spiro atoms. The second kappa shape index (κ2) is 5.23. The van der Waals surface area contributed by atoms with Crippen LogP contribution in [0.3, 0.4) is 0 Å². The minimum absolute atomic E-state index is 0.118. The molecule has 1 fully saturated rings. The summed E-state index contributed by atoms with van der Waals surface area (Å²) in [4.78, 5) is 4.32. The predicted molar refractivity (Wildman–Crippen MR) is 71.7 cm³/mol. The largest absolute Gasteiger partial charge is 0.508 e. The molecule has 1 heterocycles. The summed E-state index contributed by atoms with van der Waals surface area (Å²) in [5.74, 6) is 1.23. The molecule has 0 radical (unpaired) electrons. The van der Waals surface area contributed by atoms with E-state index in [1.807, 2.05) is 0 Å². The molecule has 5 heteroatoms. The maximum atomic E-state index is 13.8. The summed E-state index contributed by atoms with van der Waals surface area (Å²) >= 11 is 0.